The van der Waals surface area contributed by atoms with Gasteiger partial charge in [-0.3, -0.25) is 19.4 Å². The lowest BCUT2D eigenvalue weighted by atomic mass is 9.81. The summed E-state index contributed by atoms with van der Waals surface area (Å²) in [7, 11) is 2.31. The number of allylic oxidation sites excluding steroid dienone is 1. The van der Waals surface area contributed by atoms with Crippen LogP contribution in [-0.2, 0) is 35.0 Å². The van der Waals surface area contributed by atoms with Crippen LogP contribution < -0.4 is 10.6 Å². The van der Waals surface area contributed by atoms with E-state index in [0.717, 1.165) is 19.1 Å². The summed E-state index contributed by atoms with van der Waals surface area (Å²) in [5, 5.41) is 10.3. The van der Waals surface area contributed by atoms with Crippen LogP contribution in [-0.4, -0.2) is 61.5 Å². The third-order valence-electron chi connectivity index (χ3n) is 7.93. The van der Waals surface area contributed by atoms with E-state index in [4.69, 9.17) is 19.9 Å². The molecule has 2 N–H and O–H groups in total. The van der Waals surface area contributed by atoms with E-state index < -0.39 is 41.7 Å². The van der Waals surface area contributed by atoms with Gasteiger partial charge >= 0.3 is 17.9 Å². The number of esters is 3. The fourth-order valence-electron chi connectivity index (χ4n) is 5.80. The zero-order chi connectivity index (χ0) is 33.8. The van der Waals surface area contributed by atoms with Gasteiger partial charge in [0.05, 0.1) is 55.1 Å². The molecule has 12 heteroatoms. The summed E-state index contributed by atoms with van der Waals surface area (Å²) in [6.07, 6.45) is -0.0808. The van der Waals surface area contributed by atoms with E-state index in [1.165, 1.54) is 17.0 Å². The predicted molar refractivity (Wildman–Crippen MR) is 167 cm³/mol. The molecule has 2 aliphatic rings. The average molecular weight is 635 g/mol. The van der Waals surface area contributed by atoms with Gasteiger partial charge in [0.25, 0.3) is 11.8 Å². The van der Waals surface area contributed by atoms with Gasteiger partial charge in [0.1, 0.15) is 17.6 Å². The second-order valence-electron chi connectivity index (χ2n) is 10.5. The number of anilines is 1. The highest BCUT2D eigenvalue weighted by molar-refractivity contribution is 6.22. The Hall–Kier alpha value is -6.22. The summed E-state index contributed by atoms with van der Waals surface area (Å²) < 4.78 is 15.4. The number of carbonyl (C=O) groups excluding carboxylic acids is 5. The molecular weight excluding hydrogens is 604 g/mol. The molecule has 12 nitrogen and oxygen atoms in total. The molecule has 5 rings (SSSR count). The summed E-state index contributed by atoms with van der Waals surface area (Å²) in [5.74, 6) is -4.86. The summed E-state index contributed by atoms with van der Waals surface area (Å²) in [4.78, 5) is 68.3. The molecule has 2 heterocycles. The second-order valence-corrected chi connectivity index (χ2v) is 10.5. The summed E-state index contributed by atoms with van der Waals surface area (Å²) >= 11 is 0. The molecule has 0 saturated carbocycles. The van der Waals surface area contributed by atoms with Crippen LogP contribution in [0.4, 0.5) is 5.69 Å². The van der Waals surface area contributed by atoms with Gasteiger partial charge in [0.2, 0.25) is 0 Å². The molecule has 238 valence electrons. The molecule has 47 heavy (non-hydrogen) atoms. The molecule has 2 amide bonds. The number of fused-ring (bicyclic) bond motifs is 1. The molecule has 0 aliphatic carbocycles. The number of methoxy groups -OCH3 is 2. The Balaban J connectivity index is 1.57. The zero-order valence-corrected chi connectivity index (χ0v) is 25.8. The minimum absolute atomic E-state index is 0.00123. The number of hydrogen-bond acceptors (Lipinski definition) is 11. The monoisotopic (exact) mass is 634 g/mol. The average Bonchev–Trinajstić information content (AvgIpc) is 3.35. The topological polar surface area (TPSA) is 169 Å². The predicted octanol–water partition coefficient (Wildman–Crippen LogP) is 3.35. The van der Waals surface area contributed by atoms with Crippen molar-refractivity contribution < 1.29 is 38.2 Å². The second kappa shape index (κ2) is 13.4. The van der Waals surface area contributed by atoms with Crippen LogP contribution in [0.5, 0.6) is 0 Å². The highest BCUT2D eigenvalue weighted by Gasteiger charge is 2.44. The number of nitriles is 1. The summed E-state index contributed by atoms with van der Waals surface area (Å²) in [5.41, 5.74) is 7.91. The van der Waals surface area contributed by atoms with Crippen molar-refractivity contribution in [2.75, 3.05) is 25.7 Å². The van der Waals surface area contributed by atoms with E-state index >= 15 is 0 Å². The van der Waals surface area contributed by atoms with Gasteiger partial charge in [0.15, 0.2) is 0 Å². The van der Waals surface area contributed by atoms with Crippen molar-refractivity contribution in [3.8, 4) is 6.07 Å². The normalized spacial score (nSPS) is 16.4. The molecule has 3 aromatic rings. The Morgan fingerprint density at radius 2 is 1.45 bits per heavy atom. The van der Waals surface area contributed by atoms with Crippen LogP contribution in [0.2, 0.25) is 0 Å². The van der Waals surface area contributed by atoms with Gasteiger partial charge in [-0.25, -0.2) is 14.4 Å². The van der Waals surface area contributed by atoms with Gasteiger partial charge in [0, 0.05) is 12.1 Å². The van der Waals surface area contributed by atoms with Crippen molar-refractivity contribution in [1.82, 2.24) is 4.90 Å². The molecule has 0 radical (unpaired) electrons. The van der Waals surface area contributed by atoms with Gasteiger partial charge in [-0.15, -0.1) is 0 Å². The van der Waals surface area contributed by atoms with E-state index in [1.807, 2.05) is 0 Å². The van der Waals surface area contributed by atoms with Gasteiger partial charge in [-0.1, -0.05) is 54.6 Å². The number of nitrogens with two attached hydrogens (primary N) is 1. The van der Waals surface area contributed by atoms with Crippen LogP contribution in [0.1, 0.15) is 44.7 Å². The van der Waals surface area contributed by atoms with E-state index in [2.05, 4.69) is 6.07 Å². The lowest BCUT2D eigenvalue weighted by Crippen LogP contribution is -2.47. The van der Waals surface area contributed by atoms with Crippen LogP contribution in [0, 0.1) is 11.3 Å². The van der Waals surface area contributed by atoms with E-state index in [-0.39, 0.29) is 52.5 Å². The number of nitrogens with zero attached hydrogens (tertiary/aromatic N) is 3. The molecule has 0 aromatic heterocycles. The minimum atomic E-state index is -1.26. The largest absolute Gasteiger partial charge is 0.466 e. The lowest BCUT2D eigenvalue weighted by Gasteiger charge is -2.36. The first-order valence-corrected chi connectivity index (χ1v) is 14.6. The smallest absolute Gasteiger partial charge is 0.355 e. The molecule has 0 spiro atoms. The molecule has 2 atom stereocenters. The Kier molecular flexibility index (Phi) is 9.19. The SMILES string of the molecule is CCOC(=O)C(Cc1ccc(N2C(N)=C(C#N)C(c3ccccc3)C(C(=O)OC)=C2C(=O)OC)cc1)N1C(=O)c2ccccc2C1=O. The highest BCUT2D eigenvalue weighted by Crippen LogP contribution is 2.43. The Labute approximate surface area is 270 Å². The number of benzene rings is 3. The van der Waals surface area contributed by atoms with E-state index in [1.54, 1.807) is 73.7 Å². The molecular formula is C35H30N4O8. The lowest BCUT2D eigenvalue weighted by molar-refractivity contribution is -0.147. The van der Waals surface area contributed by atoms with Crippen molar-refractivity contribution in [3.05, 3.63) is 124 Å². The molecule has 0 saturated heterocycles. The highest BCUT2D eigenvalue weighted by atomic mass is 16.5. The van der Waals surface area contributed by atoms with E-state index in [0.29, 0.717) is 11.1 Å². The fourth-order valence-corrected chi connectivity index (χ4v) is 5.80. The van der Waals surface area contributed by atoms with Crippen LogP contribution >= 0.6 is 0 Å². The van der Waals surface area contributed by atoms with Gasteiger partial charge in [-0.05, 0) is 42.3 Å². The fraction of sp³-hybridized carbons (Fsp3) is 0.200. The minimum Gasteiger partial charge on any atom is -0.466 e. The van der Waals surface area contributed by atoms with E-state index in [9.17, 15) is 29.2 Å². The standard InChI is InChI=1S/C35H30N4O8/c1-4-47-33(42)26(39-31(40)23-12-8-9-13-24(23)32(39)41)18-20-14-16-22(17-15-20)38-29(35(44)46-3)28(34(43)45-2)27(25(19-36)30(38)37)21-10-6-5-7-11-21/h5-17,26-27H,4,18,37H2,1-3H3. The van der Waals surface area contributed by atoms with Gasteiger partial charge in [-0.2, -0.15) is 5.26 Å². The van der Waals surface area contributed by atoms with Crippen molar-refractivity contribution in [2.24, 2.45) is 5.73 Å². The maximum atomic E-state index is 13.3. The van der Waals surface area contributed by atoms with Gasteiger partial charge < -0.3 is 19.9 Å². The first kappa shape index (κ1) is 32.2. The van der Waals surface area contributed by atoms with Crippen molar-refractivity contribution in [1.29, 1.82) is 5.26 Å². The zero-order valence-electron chi connectivity index (χ0n) is 25.8. The quantitative estimate of drug-likeness (QED) is 0.208. The first-order valence-electron chi connectivity index (χ1n) is 14.6. The Morgan fingerprint density at radius 1 is 0.872 bits per heavy atom. The van der Waals surface area contributed by atoms with Crippen molar-refractivity contribution >= 4 is 35.4 Å². The Bertz CT molecular complexity index is 1840. The molecule has 2 unspecified atom stereocenters. The van der Waals surface area contributed by atoms with Crippen molar-refractivity contribution in [2.45, 2.75) is 25.3 Å². The molecule has 0 fully saturated rings. The number of ether oxygens (including phenoxy) is 3. The van der Waals surface area contributed by atoms with Crippen LogP contribution in [0.25, 0.3) is 0 Å². The number of carbonyl (C=O) groups is 5. The van der Waals surface area contributed by atoms with Crippen LogP contribution in [0.15, 0.2) is 102 Å². The molecule has 0 bridgehead atoms. The third kappa shape index (κ3) is 5.70. The summed E-state index contributed by atoms with van der Waals surface area (Å²) in [6, 6.07) is 22.1. The number of hydrogen-bond donors (Lipinski definition) is 1. The molecule has 3 aromatic carbocycles. The Morgan fingerprint density at radius 3 is 1.98 bits per heavy atom. The maximum Gasteiger partial charge on any atom is 0.355 e. The third-order valence-corrected chi connectivity index (χ3v) is 7.93. The number of rotatable bonds is 9. The first-order chi connectivity index (χ1) is 22.7. The van der Waals surface area contributed by atoms with Crippen molar-refractivity contribution in [3.63, 3.8) is 0 Å². The van der Waals surface area contributed by atoms with Crippen LogP contribution in [0.3, 0.4) is 0 Å². The molecule has 2 aliphatic heterocycles. The number of imide groups is 1. The maximum absolute atomic E-state index is 13.3. The number of amides is 2. The summed E-state index contributed by atoms with van der Waals surface area (Å²) in [6.45, 7) is 1.66.